The van der Waals surface area contributed by atoms with Crippen LogP contribution in [0.1, 0.15) is 36.5 Å². The van der Waals surface area contributed by atoms with Gasteiger partial charge in [0.25, 0.3) is 11.2 Å². The maximum atomic E-state index is 13.0. The van der Waals surface area contributed by atoms with Crippen LogP contribution in [-0.2, 0) is 4.74 Å². The molecule has 3 rings (SSSR count). The highest BCUT2D eigenvalue weighted by atomic mass is 16.6. The van der Waals surface area contributed by atoms with Crippen LogP contribution < -0.4 is 15.2 Å². The van der Waals surface area contributed by atoms with Crippen molar-refractivity contribution in [3.8, 4) is 17.2 Å². The second-order valence-electron chi connectivity index (χ2n) is 6.64. The highest BCUT2D eigenvalue weighted by Gasteiger charge is 2.30. The normalized spacial score (nSPS) is 13.7. The summed E-state index contributed by atoms with van der Waals surface area (Å²) >= 11 is 0. The van der Waals surface area contributed by atoms with Gasteiger partial charge in [-0.05, 0) is 38.3 Å². The molecule has 11 nitrogen and oxygen atoms in total. The molecule has 1 aliphatic heterocycles. The van der Waals surface area contributed by atoms with E-state index in [9.17, 15) is 24.8 Å². The zero-order chi connectivity index (χ0) is 21.8. The first-order valence-electron chi connectivity index (χ1n) is 9.50. The largest absolute Gasteiger partial charge is 0.503 e. The summed E-state index contributed by atoms with van der Waals surface area (Å²) in [5.74, 6) is -1.39. The summed E-state index contributed by atoms with van der Waals surface area (Å²) in [4.78, 5) is 38.1. The number of aromatic hydroxyl groups is 1. The average molecular weight is 418 g/mol. The minimum atomic E-state index is -1.02. The summed E-state index contributed by atoms with van der Waals surface area (Å²) in [5, 5.41) is 26.5. The molecule has 0 aliphatic carbocycles. The van der Waals surface area contributed by atoms with Crippen LogP contribution in [0.25, 0.3) is 5.69 Å². The molecule has 1 saturated heterocycles. The van der Waals surface area contributed by atoms with Gasteiger partial charge in [-0.2, -0.15) is 4.68 Å². The minimum absolute atomic E-state index is 0.00229. The lowest BCUT2D eigenvalue weighted by Crippen LogP contribution is -2.35. The van der Waals surface area contributed by atoms with E-state index in [1.807, 2.05) is 0 Å². The molecule has 160 valence electrons. The number of benzene rings is 1. The Morgan fingerprint density at radius 3 is 2.60 bits per heavy atom. The summed E-state index contributed by atoms with van der Waals surface area (Å²) in [6.07, 6.45) is 2.70. The molecule has 1 aromatic carbocycles. The SMILES string of the molecule is CCOC(=O)c1c(O)c(N2CCCCC2)nn(-c2ccc(OC)cc2[N+](=O)[O-])c1=O. The van der Waals surface area contributed by atoms with Gasteiger partial charge < -0.3 is 19.5 Å². The first kappa shape index (κ1) is 21.1. The van der Waals surface area contributed by atoms with Crippen LogP contribution in [0.2, 0.25) is 0 Å². The Balaban J connectivity index is 2.29. The average Bonchev–Trinajstić information content (AvgIpc) is 2.74. The molecule has 0 unspecified atom stereocenters. The van der Waals surface area contributed by atoms with Crippen molar-refractivity contribution >= 4 is 17.5 Å². The highest BCUT2D eigenvalue weighted by molar-refractivity contribution is 5.93. The van der Waals surface area contributed by atoms with Gasteiger partial charge in [0.15, 0.2) is 17.1 Å². The second-order valence-corrected chi connectivity index (χ2v) is 6.64. The van der Waals surface area contributed by atoms with Crippen LogP contribution >= 0.6 is 0 Å². The number of carbonyl (C=O) groups excluding carboxylic acids is 1. The van der Waals surface area contributed by atoms with E-state index in [1.54, 1.807) is 11.8 Å². The first-order valence-corrected chi connectivity index (χ1v) is 9.50. The van der Waals surface area contributed by atoms with Gasteiger partial charge in [-0.25, -0.2) is 4.79 Å². The fraction of sp³-hybridized carbons (Fsp3) is 0.421. The zero-order valence-corrected chi connectivity index (χ0v) is 16.7. The van der Waals surface area contributed by atoms with Crippen LogP contribution in [0.3, 0.4) is 0 Å². The number of aromatic nitrogens is 2. The smallest absolute Gasteiger partial charge is 0.347 e. The van der Waals surface area contributed by atoms with Crippen molar-refractivity contribution in [1.29, 1.82) is 0 Å². The first-order chi connectivity index (χ1) is 14.4. The number of nitro groups is 1. The van der Waals surface area contributed by atoms with E-state index in [1.165, 1.54) is 19.2 Å². The predicted molar refractivity (Wildman–Crippen MR) is 107 cm³/mol. The number of ether oxygens (including phenoxy) is 2. The standard InChI is InChI=1S/C19H22N4O7/c1-3-30-19(26)15-16(24)17(21-9-5-4-6-10-21)20-22(18(15)25)13-8-7-12(29-2)11-14(13)23(27)28/h7-8,11,24H,3-6,9-10H2,1-2H3. The van der Waals surface area contributed by atoms with E-state index >= 15 is 0 Å². The van der Waals surface area contributed by atoms with E-state index in [-0.39, 0.29) is 23.9 Å². The van der Waals surface area contributed by atoms with Crippen molar-refractivity contribution in [3.05, 3.63) is 44.2 Å². The van der Waals surface area contributed by atoms with Crippen molar-refractivity contribution in [3.63, 3.8) is 0 Å². The molecule has 0 radical (unpaired) electrons. The van der Waals surface area contributed by atoms with Crippen LogP contribution in [0, 0.1) is 10.1 Å². The number of hydrogen-bond donors (Lipinski definition) is 1. The number of carbonyl (C=O) groups is 1. The fourth-order valence-electron chi connectivity index (χ4n) is 3.33. The van der Waals surface area contributed by atoms with Gasteiger partial charge >= 0.3 is 5.97 Å². The Morgan fingerprint density at radius 2 is 2.00 bits per heavy atom. The van der Waals surface area contributed by atoms with Gasteiger partial charge in [0.05, 0.1) is 24.7 Å². The molecule has 30 heavy (non-hydrogen) atoms. The molecule has 11 heteroatoms. The summed E-state index contributed by atoms with van der Waals surface area (Å²) in [5.41, 5.74) is -2.22. The van der Waals surface area contributed by atoms with Crippen molar-refractivity contribution < 1.29 is 24.3 Å². The molecule has 0 bridgehead atoms. The molecule has 1 aromatic heterocycles. The number of nitro benzene ring substituents is 1. The number of esters is 1. The maximum Gasteiger partial charge on any atom is 0.347 e. The van der Waals surface area contributed by atoms with Gasteiger partial charge in [-0.3, -0.25) is 14.9 Å². The molecule has 1 N–H and O–H groups in total. The Hall–Kier alpha value is -3.63. The molecule has 0 saturated carbocycles. The third-order valence-corrected chi connectivity index (χ3v) is 4.79. The molecule has 1 aliphatic rings. The summed E-state index contributed by atoms with van der Waals surface area (Å²) in [7, 11) is 1.36. The van der Waals surface area contributed by atoms with Crippen molar-refractivity contribution in [2.75, 3.05) is 31.7 Å². The summed E-state index contributed by atoms with van der Waals surface area (Å²) in [6.45, 7) is 2.67. The third kappa shape index (κ3) is 3.91. The monoisotopic (exact) mass is 418 g/mol. The number of rotatable bonds is 6. The molecular weight excluding hydrogens is 396 g/mol. The molecular formula is C19H22N4O7. The summed E-state index contributed by atoms with van der Waals surface area (Å²) in [6, 6.07) is 3.90. The van der Waals surface area contributed by atoms with Crippen molar-refractivity contribution in [2.45, 2.75) is 26.2 Å². The summed E-state index contributed by atoms with van der Waals surface area (Å²) < 4.78 is 10.7. The Kier molecular flexibility index (Phi) is 6.19. The lowest BCUT2D eigenvalue weighted by Gasteiger charge is -2.28. The quantitative estimate of drug-likeness (QED) is 0.424. The molecule has 0 spiro atoms. The van der Waals surface area contributed by atoms with Crippen LogP contribution in [-0.4, -0.2) is 52.6 Å². The Labute approximate surface area is 171 Å². The van der Waals surface area contributed by atoms with Gasteiger partial charge in [0.1, 0.15) is 11.4 Å². The highest BCUT2D eigenvalue weighted by Crippen LogP contribution is 2.32. The van der Waals surface area contributed by atoms with E-state index in [2.05, 4.69) is 5.10 Å². The number of methoxy groups -OCH3 is 1. The lowest BCUT2D eigenvalue weighted by atomic mass is 10.1. The molecule has 2 heterocycles. The lowest BCUT2D eigenvalue weighted by molar-refractivity contribution is -0.384. The van der Waals surface area contributed by atoms with Crippen LogP contribution in [0.15, 0.2) is 23.0 Å². The fourth-order valence-corrected chi connectivity index (χ4v) is 3.33. The van der Waals surface area contributed by atoms with Gasteiger partial charge in [-0.15, -0.1) is 5.10 Å². The van der Waals surface area contributed by atoms with E-state index in [4.69, 9.17) is 9.47 Å². The van der Waals surface area contributed by atoms with E-state index in [0.29, 0.717) is 13.1 Å². The predicted octanol–water partition coefficient (Wildman–Crippen LogP) is 2.02. The maximum absolute atomic E-state index is 13.0. The zero-order valence-electron chi connectivity index (χ0n) is 16.7. The molecule has 0 amide bonds. The van der Waals surface area contributed by atoms with Crippen molar-refractivity contribution in [1.82, 2.24) is 9.78 Å². The van der Waals surface area contributed by atoms with Gasteiger partial charge in [0.2, 0.25) is 0 Å². The second kappa shape index (κ2) is 8.80. The Morgan fingerprint density at radius 1 is 1.30 bits per heavy atom. The number of hydrogen-bond acceptors (Lipinski definition) is 9. The third-order valence-electron chi connectivity index (χ3n) is 4.79. The van der Waals surface area contributed by atoms with Crippen LogP contribution in [0.4, 0.5) is 11.5 Å². The topological polar surface area (TPSA) is 137 Å². The minimum Gasteiger partial charge on any atom is -0.503 e. The Bertz CT molecular complexity index is 1030. The van der Waals surface area contributed by atoms with Gasteiger partial charge in [-0.1, -0.05) is 0 Å². The number of piperidine rings is 1. The number of anilines is 1. The molecule has 2 aromatic rings. The van der Waals surface area contributed by atoms with E-state index in [0.717, 1.165) is 30.0 Å². The molecule has 0 atom stereocenters. The van der Waals surface area contributed by atoms with Crippen LogP contribution in [0.5, 0.6) is 11.5 Å². The van der Waals surface area contributed by atoms with Gasteiger partial charge in [0, 0.05) is 13.1 Å². The van der Waals surface area contributed by atoms with Crippen molar-refractivity contribution in [2.24, 2.45) is 0 Å². The van der Waals surface area contributed by atoms with E-state index < -0.39 is 33.5 Å². The molecule has 1 fully saturated rings. The number of nitrogens with zero attached hydrogens (tertiary/aromatic N) is 4.